The van der Waals surface area contributed by atoms with Gasteiger partial charge in [0.05, 0.1) is 0 Å². The Kier molecular flexibility index (Phi) is 14.0. The molecule has 1 aliphatic heterocycles. The monoisotopic (exact) mass is 557 g/mol. The number of nitrogens with two attached hydrogens (primary N) is 1. The third-order valence-electron chi connectivity index (χ3n) is 9.40. The highest BCUT2D eigenvalue weighted by atomic mass is 16.5. The molecule has 230 valence electrons. The molecule has 4 heteroatoms. The molecule has 0 amide bonds. The quantitative estimate of drug-likeness (QED) is 0.153. The van der Waals surface area contributed by atoms with Crippen LogP contribution in [-0.2, 0) is 11.2 Å². The first-order valence-corrected chi connectivity index (χ1v) is 16.5. The SMILES string of the molecule is Cc1c(C)c2c(c(C)c1OC(=O)C(N)CCC(C)C)CCC(C)(CCCC(C)CCCC(C)CCCC(C)C)O2. The largest absolute Gasteiger partial charge is 0.487 e. The fraction of sp³-hybridized carbons (Fsp3) is 0.806. The first-order chi connectivity index (χ1) is 18.7. The van der Waals surface area contributed by atoms with Crippen molar-refractivity contribution in [2.24, 2.45) is 29.4 Å². The van der Waals surface area contributed by atoms with Gasteiger partial charge in [0.2, 0.25) is 0 Å². The molecule has 40 heavy (non-hydrogen) atoms. The molecule has 4 unspecified atom stereocenters. The first-order valence-electron chi connectivity index (χ1n) is 16.5. The van der Waals surface area contributed by atoms with E-state index in [0.717, 1.165) is 65.9 Å². The van der Waals surface area contributed by atoms with Crippen LogP contribution in [0, 0.1) is 44.4 Å². The molecule has 0 spiro atoms. The zero-order valence-corrected chi connectivity index (χ0v) is 27.9. The standard InChI is InChI=1S/C36H63NO3/c1-24(2)14-11-15-26(5)16-12-17-27(6)18-13-22-36(10)23-21-31-30(9)33(28(7)29(8)34(31)40-36)39-35(38)32(37)20-19-25(3)4/h24-27,32H,11-23,37H2,1-10H3. The highest BCUT2D eigenvalue weighted by Crippen LogP contribution is 2.45. The first kappa shape index (κ1) is 34.7. The molecule has 0 saturated heterocycles. The lowest BCUT2D eigenvalue weighted by Crippen LogP contribution is -2.37. The van der Waals surface area contributed by atoms with E-state index in [4.69, 9.17) is 15.2 Å². The van der Waals surface area contributed by atoms with Crippen molar-refractivity contribution in [2.45, 2.75) is 164 Å². The smallest absolute Gasteiger partial charge is 0.328 e. The van der Waals surface area contributed by atoms with Gasteiger partial charge in [-0.2, -0.15) is 0 Å². The number of carbonyl (C=O) groups is 1. The predicted octanol–water partition coefficient (Wildman–Crippen LogP) is 9.80. The van der Waals surface area contributed by atoms with Gasteiger partial charge in [-0.05, 0) is 107 Å². The van der Waals surface area contributed by atoms with Crippen molar-refractivity contribution in [3.63, 3.8) is 0 Å². The lowest BCUT2D eigenvalue weighted by Gasteiger charge is -2.38. The zero-order chi connectivity index (χ0) is 30.0. The minimum Gasteiger partial charge on any atom is -0.487 e. The summed E-state index contributed by atoms with van der Waals surface area (Å²) in [7, 11) is 0. The molecule has 1 aliphatic rings. The fourth-order valence-electron chi connectivity index (χ4n) is 6.22. The minimum atomic E-state index is -0.586. The summed E-state index contributed by atoms with van der Waals surface area (Å²) in [5, 5.41) is 0. The number of hydrogen-bond acceptors (Lipinski definition) is 4. The van der Waals surface area contributed by atoms with E-state index in [1.165, 1.54) is 56.9 Å². The van der Waals surface area contributed by atoms with Crippen LogP contribution < -0.4 is 15.2 Å². The molecule has 1 aromatic rings. The topological polar surface area (TPSA) is 61.5 Å². The van der Waals surface area contributed by atoms with Gasteiger partial charge in [-0.3, -0.25) is 0 Å². The number of fused-ring (bicyclic) bond motifs is 1. The van der Waals surface area contributed by atoms with Gasteiger partial charge < -0.3 is 15.2 Å². The highest BCUT2D eigenvalue weighted by Gasteiger charge is 2.35. The Morgan fingerprint density at radius 1 is 0.800 bits per heavy atom. The third kappa shape index (κ3) is 10.7. The minimum absolute atomic E-state index is 0.140. The molecule has 0 bridgehead atoms. The van der Waals surface area contributed by atoms with Gasteiger partial charge in [0.1, 0.15) is 23.1 Å². The Balaban J connectivity index is 1.89. The number of esters is 1. The molecule has 0 radical (unpaired) electrons. The van der Waals surface area contributed by atoms with Crippen molar-refractivity contribution in [1.29, 1.82) is 0 Å². The van der Waals surface area contributed by atoms with Crippen molar-refractivity contribution in [3.8, 4) is 11.5 Å². The maximum Gasteiger partial charge on any atom is 0.328 e. The molecule has 0 aliphatic carbocycles. The summed E-state index contributed by atoms with van der Waals surface area (Å²) in [6.07, 6.45) is 15.3. The number of hydrogen-bond donors (Lipinski definition) is 1. The summed E-state index contributed by atoms with van der Waals surface area (Å²) < 4.78 is 12.7. The molecule has 1 aromatic carbocycles. The third-order valence-corrected chi connectivity index (χ3v) is 9.40. The van der Waals surface area contributed by atoms with E-state index in [1.54, 1.807) is 0 Å². The number of ether oxygens (including phenoxy) is 2. The van der Waals surface area contributed by atoms with E-state index < -0.39 is 6.04 Å². The van der Waals surface area contributed by atoms with Crippen molar-refractivity contribution in [3.05, 3.63) is 22.3 Å². The van der Waals surface area contributed by atoms with E-state index in [9.17, 15) is 4.79 Å². The van der Waals surface area contributed by atoms with Crippen LogP contribution in [0.15, 0.2) is 0 Å². The maximum atomic E-state index is 12.8. The average molecular weight is 558 g/mol. The molecular weight excluding hydrogens is 494 g/mol. The van der Waals surface area contributed by atoms with Crippen LogP contribution in [0.4, 0.5) is 0 Å². The van der Waals surface area contributed by atoms with E-state index in [-0.39, 0.29) is 11.6 Å². The molecule has 0 saturated carbocycles. The van der Waals surface area contributed by atoms with Crippen molar-refractivity contribution >= 4 is 5.97 Å². The summed E-state index contributed by atoms with van der Waals surface area (Å²) in [6, 6.07) is -0.586. The second-order valence-corrected chi connectivity index (χ2v) is 14.4. The number of carbonyl (C=O) groups excluding carboxylic acids is 1. The molecule has 1 heterocycles. The van der Waals surface area contributed by atoms with Crippen LogP contribution in [0.1, 0.15) is 148 Å². The Morgan fingerprint density at radius 2 is 1.35 bits per heavy atom. The average Bonchev–Trinajstić information content (AvgIpc) is 2.87. The van der Waals surface area contributed by atoms with Crippen LogP contribution in [0.2, 0.25) is 0 Å². The lowest BCUT2D eigenvalue weighted by molar-refractivity contribution is -0.136. The van der Waals surface area contributed by atoms with Gasteiger partial charge in [0.25, 0.3) is 0 Å². The molecule has 2 N–H and O–H groups in total. The maximum absolute atomic E-state index is 12.8. The van der Waals surface area contributed by atoms with Gasteiger partial charge in [0.15, 0.2) is 0 Å². The van der Waals surface area contributed by atoms with Gasteiger partial charge >= 0.3 is 5.97 Å². The molecule has 4 nitrogen and oxygen atoms in total. The van der Waals surface area contributed by atoms with Crippen molar-refractivity contribution in [2.75, 3.05) is 0 Å². The van der Waals surface area contributed by atoms with Gasteiger partial charge in [-0.1, -0.05) is 86.5 Å². The van der Waals surface area contributed by atoms with Crippen LogP contribution in [-0.4, -0.2) is 17.6 Å². The van der Waals surface area contributed by atoms with Gasteiger partial charge in [0, 0.05) is 5.56 Å². The second-order valence-electron chi connectivity index (χ2n) is 14.4. The Hall–Kier alpha value is -1.55. The Labute approximate surface area is 247 Å². The highest BCUT2D eigenvalue weighted by molar-refractivity contribution is 5.79. The molecule has 2 rings (SSSR count). The summed E-state index contributed by atoms with van der Waals surface area (Å²) in [6.45, 7) is 22.3. The second kappa shape index (κ2) is 16.2. The molecule has 0 aromatic heterocycles. The van der Waals surface area contributed by atoms with Crippen LogP contribution in [0.3, 0.4) is 0 Å². The van der Waals surface area contributed by atoms with Crippen LogP contribution in [0.5, 0.6) is 11.5 Å². The van der Waals surface area contributed by atoms with Gasteiger partial charge in [-0.15, -0.1) is 0 Å². The van der Waals surface area contributed by atoms with Gasteiger partial charge in [-0.25, -0.2) is 4.79 Å². The zero-order valence-electron chi connectivity index (χ0n) is 27.9. The van der Waals surface area contributed by atoms with Crippen molar-refractivity contribution in [1.82, 2.24) is 0 Å². The fourth-order valence-corrected chi connectivity index (χ4v) is 6.22. The number of rotatable bonds is 17. The van der Waals surface area contributed by atoms with E-state index >= 15 is 0 Å². The summed E-state index contributed by atoms with van der Waals surface area (Å²) in [5.74, 6) is 4.34. The molecule has 0 fully saturated rings. The van der Waals surface area contributed by atoms with E-state index in [0.29, 0.717) is 18.1 Å². The summed E-state index contributed by atoms with van der Waals surface area (Å²) in [5.41, 5.74) is 10.3. The predicted molar refractivity (Wildman–Crippen MR) is 170 cm³/mol. The lowest BCUT2D eigenvalue weighted by atomic mass is 9.83. The Morgan fingerprint density at radius 3 is 1.93 bits per heavy atom. The molecule has 4 atom stereocenters. The van der Waals surface area contributed by atoms with E-state index in [2.05, 4.69) is 62.3 Å². The molecular formula is C36H63NO3. The normalized spacial score (nSPS) is 19.3. The number of benzene rings is 1. The van der Waals surface area contributed by atoms with E-state index in [1.807, 2.05) is 6.92 Å². The van der Waals surface area contributed by atoms with Crippen LogP contribution in [0.25, 0.3) is 0 Å². The van der Waals surface area contributed by atoms with Crippen LogP contribution >= 0.6 is 0 Å². The Bertz CT molecular complexity index is 937. The van der Waals surface area contributed by atoms with Crippen molar-refractivity contribution < 1.29 is 14.3 Å². The summed E-state index contributed by atoms with van der Waals surface area (Å²) >= 11 is 0. The summed E-state index contributed by atoms with van der Waals surface area (Å²) in [4.78, 5) is 12.8.